The van der Waals surface area contributed by atoms with Gasteiger partial charge in [0.2, 0.25) is 0 Å². The second kappa shape index (κ2) is 10.7. The van der Waals surface area contributed by atoms with Crippen molar-refractivity contribution in [2.45, 2.75) is 103 Å². The zero-order valence-electron chi connectivity index (χ0n) is 19.4. The van der Waals surface area contributed by atoms with Gasteiger partial charge in [0.25, 0.3) is 0 Å². The SMILES string of the molecule is CCCc1ccc(C2CCC(C3CCC(c4ccc(CCC)cc4)CC3)CC2)cc1. The molecule has 0 aliphatic heterocycles. The first-order chi connectivity index (χ1) is 14.8. The van der Waals surface area contributed by atoms with E-state index >= 15 is 0 Å². The molecule has 2 aromatic carbocycles. The van der Waals surface area contributed by atoms with E-state index in [-0.39, 0.29) is 0 Å². The van der Waals surface area contributed by atoms with E-state index in [4.69, 9.17) is 0 Å². The van der Waals surface area contributed by atoms with Gasteiger partial charge in [0.15, 0.2) is 0 Å². The molecule has 2 saturated carbocycles. The number of aryl methyl sites for hydroxylation is 2. The highest BCUT2D eigenvalue weighted by atomic mass is 14.4. The molecule has 4 rings (SSSR count). The normalized spacial score (nSPS) is 27.1. The first kappa shape index (κ1) is 21.7. The van der Waals surface area contributed by atoms with Crippen molar-refractivity contribution in [2.24, 2.45) is 11.8 Å². The van der Waals surface area contributed by atoms with Gasteiger partial charge in [-0.15, -0.1) is 0 Å². The molecule has 0 heteroatoms. The van der Waals surface area contributed by atoms with E-state index in [0.29, 0.717) is 0 Å². The average Bonchev–Trinajstić information content (AvgIpc) is 2.81. The maximum Gasteiger partial charge on any atom is -0.0162 e. The van der Waals surface area contributed by atoms with Crippen LogP contribution in [0.5, 0.6) is 0 Å². The second-order valence-corrected chi connectivity index (χ2v) is 10.2. The van der Waals surface area contributed by atoms with Crippen LogP contribution < -0.4 is 0 Å². The van der Waals surface area contributed by atoms with Crippen LogP contribution in [0.15, 0.2) is 48.5 Å². The molecule has 0 heterocycles. The Hall–Kier alpha value is -1.56. The van der Waals surface area contributed by atoms with Gasteiger partial charge in [-0.3, -0.25) is 0 Å². The van der Waals surface area contributed by atoms with Crippen LogP contribution in [-0.2, 0) is 12.8 Å². The Morgan fingerprint density at radius 2 is 0.833 bits per heavy atom. The van der Waals surface area contributed by atoms with Crippen LogP contribution in [0, 0.1) is 11.8 Å². The lowest BCUT2D eigenvalue weighted by molar-refractivity contribution is 0.177. The molecule has 0 nitrogen and oxygen atoms in total. The number of hydrogen-bond donors (Lipinski definition) is 0. The van der Waals surface area contributed by atoms with Crippen molar-refractivity contribution < 1.29 is 0 Å². The van der Waals surface area contributed by atoms with E-state index in [1.165, 1.54) is 88.2 Å². The third-order valence-electron chi connectivity index (χ3n) is 8.19. The molecule has 0 aromatic heterocycles. The molecule has 0 spiro atoms. The van der Waals surface area contributed by atoms with Crippen molar-refractivity contribution in [3.63, 3.8) is 0 Å². The molecule has 0 atom stereocenters. The van der Waals surface area contributed by atoms with Crippen molar-refractivity contribution in [1.82, 2.24) is 0 Å². The quantitative estimate of drug-likeness (QED) is 0.434. The maximum absolute atomic E-state index is 2.42. The summed E-state index contributed by atoms with van der Waals surface area (Å²) in [5, 5.41) is 0. The van der Waals surface area contributed by atoms with Crippen molar-refractivity contribution in [3.8, 4) is 0 Å². The Kier molecular flexibility index (Phi) is 7.69. The highest BCUT2D eigenvalue weighted by Crippen LogP contribution is 2.45. The minimum absolute atomic E-state index is 0.815. The second-order valence-electron chi connectivity index (χ2n) is 10.2. The van der Waals surface area contributed by atoms with E-state index in [9.17, 15) is 0 Å². The molecule has 2 aliphatic carbocycles. The molecule has 0 N–H and O–H groups in total. The van der Waals surface area contributed by atoms with Gasteiger partial charge in [-0.2, -0.15) is 0 Å². The molecule has 30 heavy (non-hydrogen) atoms. The van der Waals surface area contributed by atoms with Crippen LogP contribution in [0.2, 0.25) is 0 Å². The van der Waals surface area contributed by atoms with Gasteiger partial charge in [-0.1, -0.05) is 75.2 Å². The largest absolute Gasteiger partial charge is 0.0651 e. The summed E-state index contributed by atoms with van der Waals surface area (Å²) in [5.41, 5.74) is 6.21. The summed E-state index contributed by atoms with van der Waals surface area (Å²) < 4.78 is 0. The van der Waals surface area contributed by atoms with Crippen molar-refractivity contribution >= 4 is 0 Å². The van der Waals surface area contributed by atoms with Crippen molar-refractivity contribution in [1.29, 1.82) is 0 Å². The highest BCUT2D eigenvalue weighted by Gasteiger charge is 2.31. The fourth-order valence-electron chi connectivity index (χ4n) is 6.34. The van der Waals surface area contributed by atoms with Gasteiger partial charge in [0.1, 0.15) is 0 Å². The molecule has 2 aliphatic rings. The number of benzene rings is 2. The van der Waals surface area contributed by atoms with Gasteiger partial charge in [-0.05, 0) is 110 Å². The van der Waals surface area contributed by atoms with Crippen LogP contribution in [0.4, 0.5) is 0 Å². The molecule has 0 bridgehead atoms. The summed E-state index contributed by atoms with van der Waals surface area (Å²) in [6.45, 7) is 4.54. The van der Waals surface area contributed by atoms with E-state index in [1.807, 2.05) is 0 Å². The molecule has 2 fully saturated rings. The summed E-state index contributed by atoms with van der Waals surface area (Å²) >= 11 is 0. The zero-order valence-corrected chi connectivity index (χ0v) is 19.4. The van der Waals surface area contributed by atoms with Crippen LogP contribution in [0.25, 0.3) is 0 Å². The Bertz CT molecular complexity index is 670. The monoisotopic (exact) mass is 402 g/mol. The van der Waals surface area contributed by atoms with Gasteiger partial charge < -0.3 is 0 Å². The van der Waals surface area contributed by atoms with E-state index in [0.717, 1.165) is 23.7 Å². The predicted octanol–water partition coefficient (Wildman–Crippen LogP) is 8.84. The highest BCUT2D eigenvalue weighted by molar-refractivity contribution is 5.27. The van der Waals surface area contributed by atoms with Crippen molar-refractivity contribution in [2.75, 3.05) is 0 Å². The zero-order chi connectivity index (χ0) is 20.8. The lowest BCUT2D eigenvalue weighted by Gasteiger charge is -2.38. The molecule has 0 saturated heterocycles. The topological polar surface area (TPSA) is 0 Å². The van der Waals surface area contributed by atoms with E-state index in [1.54, 1.807) is 11.1 Å². The smallest absolute Gasteiger partial charge is 0.0162 e. The first-order valence-corrected chi connectivity index (χ1v) is 12.9. The summed E-state index contributed by atoms with van der Waals surface area (Å²) in [7, 11) is 0. The summed E-state index contributed by atoms with van der Waals surface area (Å²) in [6.07, 6.45) is 16.4. The molecule has 162 valence electrons. The third kappa shape index (κ3) is 5.37. The Morgan fingerprint density at radius 1 is 0.500 bits per heavy atom. The third-order valence-corrected chi connectivity index (χ3v) is 8.19. The van der Waals surface area contributed by atoms with Crippen LogP contribution in [0.3, 0.4) is 0 Å². The maximum atomic E-state index is 2.42. The van der Waals surface area contributed by atoms with Gasteiger partial charge in [0, 0.05) is 0 Å². The minimum atomic E-state index is 0.815. The van der Waals surface area contributed by atoms with E-state index in [2.05, 4.69) is 62.4 Å². The van der Waals surface area contributed by atoms with E-state index < -0.39 is 0 Å². The molecule has 0 radical (unpaired) electrons. The lowest BCUT2D eigenvalue weighted by Crippen LogP contribution is -2.25. The average molecular weight is 403 g/mol. The van der Waals surface area contributed by atoms with Crippen molar-refractivity contribution in [3.05, 3.63) is 70.8 Å². The van der Waals surface area contributed by atoms with Gasteiger partial charge >= 0.3 is 0 Å². The van der Waals surface area contributed by atoms with Gasteiger partial charge in [0.05, 0.1) is 0 Å². The van der Waals surface area contributed by atoms with Crippen LogP contribution >= 0.6 is 0 Å². The number of rotatable bonds is 7. The molecular weight excluding hydrogens is 360 g/mol. The molecular formula is C30H42. The number of hydrogen-bond acceptors (Lipinski definition) is 0. The summed E-state index contributed by atoms with van der Waals surface area (Å²) in [5.74, 6) is 3.62. The Labute approximate surface area is 185 Å². The predicted molar refractivity (Wildman–Crippen MR) is 130 cm³/mol. The van der Waals surface area contributed by atoms with Crippen LogP contribution in [-0.4, -0.2) is 0 Å². The first-order valence-electron chi connectivity index (χ1n) is 12.9. The van der Waals surface area contributed by atoms with Crippen LogP contribution in [0.1, 0.15) is 112 Å². The van der Waals surface area contributed by atoms with Gasteiger partial charge in [-0.25, -0.2) is 0 Å². The molecule has 0 amide bonds. The Morgan fingerprint density at radius 3 is 1.13 bits per heavy atom. The fourth-order valence-corrected chi connectivity index (χ4v) is 6.34. The fraction of sp³-hybridized carbons (Fsp3) is 0.600. The molecule has 2 aromatic rings. The minimum Gasteiger partial charge on any atom is -0.0651 e. The molecule has 0 unspecified atom stereocenters. The Balaban J connectivity index is 1.24. The summed E-state index contributed by atoms with van der Waals surface area (Å²) in [6, 6.07) is 19.2. The summed E-state index contributed by atoms with van der Waals surface area (Å²) in [4.78, 5) is 0. The lowest BCUT2D eigenvalue weighted by atomic mass is 9.67. The standard InChI is InChI=1S/C30H42/c1-3-5-23-7-11-25(12-8-23)27-15-19-29(20-16-27)30-21-17-28(18-22-30)26-13-9-24(6-4-2)10-14-26/h7-14,27-30H,3-6,15-22H2,1-2H3.